The normalized spacial score (nSPS) is 10.7. The fraction of sp³-hybridized carbons (Fsp3) is 0.0909. The molecule has 0 bridgehead atoms. The fourth-order valence-corrected chi connectivity index (χ4v) is 4.20. The maximum absolute atomic E-state index is 13.1. The molecule has 0 aliphatic carbocycles. The van der Waals surface area contributed by atoms with Gasteiger partial charge in [0.1, 0.15) is 0 Å². The number of hydrogen-bond donors (Lipinski definition) is 0. The summed E-state index contributed by atoms with van der Waals surface area (Å²) in [7, 11) is 0. The van der Waals surface area contributed by atoms with Crippen LogP contribution in [0.3, 0.4) is 0 Å². The topological polar surface area (TPSA) is 125 Å². The number of hydrogen-bond acceptors (Lipinski definition) is 10. The van der Waals surface area contributed by atoms with Crippen LogP contribution in [0.25, 0.3) is 10.8 Å². The summed E-state index contributed by atoms with van der Waals surface area (Å²) in [6, 6.07) is 14.0. The van der Waals surface area contributed by atoms with Gasteiger partial charge in [-0.3, -0.25) is 14.9 Å². The molecule has 0 unspecified atom stereocenters. The number of ketones is 1. The van der Waals surface area contributed by atoms with Gasteiger partial charge in [-0.15, -0.1) is 33.3 Å². The highest BCUT2D eigenvalue weighted by atomic mass is 32.2. The van der Waals surface area contributed by atoms with E-state index in [9.17, 15) is 19.7 Å². The lowest BCUT2D eigenvalue weighted by Crippen LogP contribution is -2.13. The SMILES string of the molecule is CSc1ccc(C(=O)c2ccccc2C(=O)OCc2nnc(-c3cccs3)o2)cc1[N+](=O)[O-]. The Bertz CT molecular complexity index is 1330. The Morgan fingerprint density at radius 3 is 2.61 bits per heavy atom. The van der Waals surface area contributed by atoms with E-state index in [1.54, 1.807) is 18.4 Å². The van der Waals surface area contributed by atoms with Crippen LogP contribution in [-0.2, 0) is 11.3 Å². The largest absolute Gasteiger partial charge is 0.452 e. The average Bonchev–Trinajstić information content (AvgIpc) is 3.53. The van der Waals surface area contributed by atoms with Crippen LogP contribution >= 0.6 is 23.1 Å². The van der Waals surface area contributed by atoms with Crippen LogP contribution in [0.1, 0.15) is 32.2 Å². The Morgan fingerprint density at radius 1 is 1.12 bits per heavy atom. The van der Waals surface area contributed by atoms with E-state index >= 15 is 0 Å². The second kappa shape index (κ2) is 9.76. The van der Waals surface area contributed by atoms with Crippen LogP contribution in [0, 0.1) is 10.1 Å². The quantitative estimate of drug-likeness (QED) is 0.112. The minimum absolute atomic E-state index is 0.0251. The predicted molar refractivity (Wildman–Crippen MR) is 121 cm³/mol. The minimum Gasteiger partial charge on any atom is -0.452 e. The van der Waals surface area contributed by atoms with Gasteiger partial charge >= 0.3 is 5.97 Å². The van der Waals surface area contributed by atoms with Gasteiger partial charge in [-0.05, 0) is 35.9 Å². The van der Waals surface area contributed by atoms with Gasteiger partial charge in [0.05, 0.1) is 20.3 Å². The van der Waals surface area contributed by atoms with Crippen molar-refractivity contribution < 1.29 is 23.7 Å². The zero-order valence-corrected chi connectivity index (χ0v) is 18.7. The summed E-state index contributed by atoms with van der Waals surface area (Å²) < 4.78 is 10.8. The first-order valence-corrected chi connectivity index (χ1v) is 11.6. The number of carbonyl (C=O) groups is 2. The van der Waals surface area contributed by atoms with Gasteiger partial charge in [0, 0.05) is 17.2 Å². The van der Waals surface area contributed by atoms with E-state index in [1.165, 1.54) is 53.4 Å². The molecule has 0 aliphatic rings. The molecule has 4 rings (SSSR count). The van der Waals surface area contributed by atoms with Crippen LogP contribution in [0.15, 0.2) is 69.3 Å². The monoisotopic (exact) mass is 481 g/mol. The van der Waals surface area contributed by atoms with Crippen molar-refractivity contribution in [3.8, 4) is 10.8 Å². The molecule has 4 aromatic rings. The van der Waals surface area contributed by atoms with Crippen molar-refractivity contribution in [2.24, 2.45) is 0 Å². The van der Waals surface area contributed by atoms with Crippen LogP contribution < -0.4 is 0 Å². The van der Waals surface area contributed by atoms with Gasteiger partial charge in [-0.2, -0.15) is 0 Å². The van der Waals surface area contributed by atoms with Crippen LogP contribution in [0.4, 0.5) is 5.69 Å². The summed E-state index contributed by atoms with van der Waals surface area (Å²) in [5.74, 6) is -0.859. The molecule has 9 nitrogen and oxygen atoms in total. The first-order chi connectivity index (χ1) is 16.0. The van der Waals surface area contributed by atoms with Crippen molar-refractivity contribution in [2.45, 2.75) is 11.5 Å². The van der Waals surface area contributed by atoms with Gasteiger partial charge in [0.2, 0.25) is 0 Å². The predicted octanol–water partition coefficient (Wildman–Crippen LogP) is 5.02. The molecule has 0 N–H and O–H groups in total. The van der Waals surface area contributed by atoms with E-state index in [2.05, 4.69) is 10.2 Å². The van der Waals surface area contributed by atoms with E-state index in [-0.39, 0.29) is 34.9 Å². The van der Waals surface area contributed by atoms with Crippen molar-refractivity contribution >= 4 is 40.5 Å². The van der Waals surface area contributed by atoms with Crippen LogP contribution in [0.2, 0.25) is 0 Å². The highest BCUT2D eigenvalue weighted by Crippen LogP contribution is 2.29. The van der Waals surface area contributed by atoms with Crippen molar-refractivity contribution in [3.63, 3.8) is 0 Å². The second-order valence-electron chi connectivity index (χ2n) is 6.57. The maximum Gasteiger partial charge on any atom is 0.339 e. The molecule has 0 amide bonds. The molecule has 0 spiro atoms. The Morgan fingerprint density at radius 2 is 1.91 bits per heavy atom. The van der Waals surface area contributed by atoms with E-state index < -0.39 is 16.7 Å². The number of thiophene rings is 1. The zero-order chi connectivity index (χ0) is 23.4. The molecule has 0 fully saturated rings. The summed E-state index contributed by atoms with van der Waals surface area (Å²) >= 11 is 2.64. The number of benzene rings is 2. The maximum atomic E-state index is 13.1. The number of rotatable bonds is 8. The zero-order valence-electron chi connectivity index (χ0n) is 17.1. The number of aromatic nitrogens is 2. The molecule has 0 saturated heterocycles. The first-order valence-electron chi connectivity index (χ1n) is 9.47. The van der Waals surface area contributed by atoms with Gasteiger partial charge in [0.25, 0.3) is 17.5 Å². The Hall–Kier alpha value is -3.83. The summed E-state index contributed by atoms with van der Waals surface area (Å²) in [5.41, 5.74) is 0.0131. The number of esters is 1. The van der Waals surface area contributed by atoms with Gasteiger partial charge in [-0.1, -0.05) is 24.3 Å². The number of nitro benzene ring substituents is 1. The summed E-state index contributed by atoms with van der Waals surface area (Å²) in [4.78, 5) is 37.8. The Balaban J connectivity index is 1.53. The highest BCUT2D eigenvalue weighted by Gasteiger charge is 2.23. The lowest BCUT2D eigenvalue weighted by atomic mass is 9.98. The molecule has 0 atom stereocenters. The minimum atomic E-state index is -0.759. The molecule has 0 saturated carbocycles. The van der Waals surface area contributed by atoms with Gasteiger partial charge in [-0.25, -0.2) is 4.79 Å². The summed E-state index contributed by atoms with van der Waals surface area (Å²) in [5, 5.41) is 21.0. The van der Waals surface area contributed by atoms with E-state index in [1.807, 2.05) is 17.5 Å². The van der Waals surface area contributed by atoms with Crippen molar-refractivity contribution in [2.75, 3.05) is 6.26 Å². The molecule has 166 valence electrons. The number of nitrogens with zero attached hydrogens (tertiary/aromatic N) is 3. The van der Waals surface area contributed by atoms with Crippen molar-refractivity contribution in [1.29, 1.82) is 0 Å². The molecule has 11 heteroatoms. The summed E-state index contributed by atoms with van der Waals surface area (Å²) in [6.45, 7) is -0.270. The third kappa shape index (κ3) is 4.83. The summed E-state index contributed by atoms with van der Waals surface area (Å²) in [6.07, 6.45) is 1.71. The van der Waals surface area contributed by atoms with Crippen molar-refractivity contribution in [3.05, 3.63) is 92.7 Å². The lowest BCUT2D eigenvalue weighted by molar-refractivity contribution is -0.387. The molecule has 0 aliphatic heterocycles. The van der Waals surface area contributed by atoms with Crippen LogP contribution in [0.5, 0.6) is 0 Å². The van der Waals surface area contributed by atoms with E-state index in [0.29, 0.717) is 10.8 Å². The third-order valence-electron chi connectivity index (χ3n) is 4.55. The standard InChI is InChI=1S/C22H15N3O6S2/c1-32-17-9-8-13(11-16(17)25(28)29)20(26)14-5-2-3-6-15(14)22(27)30-12-19-23-24-21(31-19)18-7-4-10-33-18/h2-11H,12H2,1H3. The third-order valence-corrected chi connectivity index (χ3v) is 6.20. The van der Waals surface area contributed by atoms with Gasteiger partial charge in [0.15, 0.2) is 12.4 Å². The first kappa shape index (κ1) is 22.4. The van der Waals surface area contributed by atoms with E-state index in [0.717, 1.165) is 4.88 Å². The number of ether oxygens (including phenoxy) is 1. The lowest BCUT2D eigenvalue weighted by Gasteiger charge is -2.09. The number of thioether (sulfide) groups is 1. The van der Waals surface area contributed by atoms with Crippen LogP contribution in [-0.4, -0.2) is 33.1 Å². The molecule has 33 heavy (non-hydrogen) atoms. The Labute approximate surface area is 195 Å². The van der Waals surface area contributed by atoms with E-state index in [4.69, 9.17) is 9.15 Å². The highest BCUT2D eigenvalue weighted by molar-refractivity contribution is 7.98. The molecule has 2 heterocycles. The van der Waals surface area contributed by atoms with Crippen molar-refractivity contribution in [1.82, 2.24) is 10.2 Å². The molecule has 0 radical (unpaired) electrons. The molecular formula is C22H15N3O6S2. The molecule has 2 aromatic carbocycles. The smallest absolute Gasteiger partial charge is 0.339 e. The number of nitro groups is 1. The van der Waals surface area contributed by atoms with Gasteiger partial charge < -0.3 is 9.15 Å². The second-order valence-corrected chi connectivity index (χ2v) is 8.37. The average molecular weight is 482 g/mol. The molecular weight excluding hydrogens is 466 g/mol. The number of carbonyl (C=O) groups excluding carboxylic acids is 2. The molecule has 2 aromatic heterocycles. The Kier molecular flexibility index (Phi) is 6.61. The fourth-order valence-electron chi connectivity index (χ4n) is 3.01.